The first kappa shape index (κ1) is 17.2. The Bertz CT molecular complexity index is 790. The van der Waals surface area contributed by atoms with E-state index in [-0.39, 0.29) is 29.7 Å². The van der Waals surface area contributed by atoms with E-state index >= 15 is 0 Å². The lowest BCUT2D eigenvalue weighted by Crippen LogP contribution is -2.54. The number of amides is 3. The number of imide groups is 1. The van der Waals surface area contributed by atoms with E-state index in [1.54, 1.807) is 4.90 Å². The molecule has 0 aliphatic carbocycles. The van der Waals surface area contributed by atoms with Crippen molar-refractivity contribution in [2.75, 3.05) is 13.1 Å². The number of fused-ring (bicyclic) bond motifs is 1. The van der Waals surface area contributed by atoms with Gasteiger partial charge in [0.05, 0.1) is 0 Å². The lowest BCUT2D eigenvalue weighted by molar-refractivity contribution is -0.136. The lowest BCUT2D eigenvalue weighted by Gasteiger charge is -2.48. The van der Waals surface area contributed by atoms with E-state index in [0.29, 0.717) is 24.4 Å². The van der Waals surface area contributed by atoms with Gasteiger partial charge < -0.3 is 4.90 Å². The topological polar surface area (TPSA) is 69.7 Å². The number of benzene rings is 1. The molecular weight excluding hydrogens is 330 g/mol. The van der Waals surface area contributed by atoms with Gasteiger partial charge in [0.15, 0.2) is 0 Å². The van der Waals surface area contributed by atoms with Crippen LogP contribution in [0.3, 0.4) is 0 Å². The molecule has 1 atom stereocenters. The number of nitrogens with zero attached hydrogens (tertiary/aromatic N) is 2. The van der Waals surface area contributed by atoms with Crippen LogP contribution in [0, 0.1) is 0 Å². The Labute approximate surface area is 153 Å². The van der Waals surface area contributed by atoms with Crippen molar-refractivity contribution in [3.63, 3.8) is 0 Å². The molecule has 6 nitrogen and oxygen atoms in total. The van der Waals surface area contributed by atoms with Gasteiger partial charge in [-0.15, -0.1) is 0 Å². The van der Waals surface area contributed by atoms with Crippen LogP contribution in [0.1, 0.15) is 61.0 Å². The van der Waals surface area contributed by atoms with Crippen LogP contribution in [-0.4, -0.2) is 52.2 Å². The number of hydrogen-bond donors (Lipinski definition) is 1. The molecule has 0 spiro atoms. The molecule has 4 rings (SSSR count). The minimum Gasteiger partial charge on any atom is -0.322 e. The number of nitrogens with one attached hydrogen (secondary N) is 1. The first-order valence-corrected chi connectivity index (χ1v) is 9.26. The Kier molecular flexibility index (Phi) is 3.91. The van der Waals surface area contributed by atoms with Crippen molar-refractivity contribution in [1.82, 2.24) is 15.1 Å². The van der Waals surface area contributed by atoms with Gasteiger partial charge in [-0.1, -0.05) is 12.1 Å². The van der Waals surface area contributed by atoms with E-state index in [4.69, 9.17) is 0 Å². The summed E-state index contributed by atoms with van der Waals surface area (Å²) in [5.74, 6) is -0.223. The van der Waals surface area contributed by atoms with Gasteiger partial charge in [0.1, 0.15) is 6.04 Å². The van der Waals surface area contributed by atoms with Crippen LogP contribution >= 0.6 is 0 Å². The Morgan fingerprint density at radius 3 is 2.50 bits per heavy atom. The molecule has 3 aliphatic rings. The second kappa shape index (κ2) is 5.91. The fourth-order valence-electron chi connectivity index (χ4n) is 4.09. The molecule has 3 heterocycles. The first-order chi connectivity index (χ1) is 12.2. The highest BCUT2D eigenvalue weighted by Gasteiger charge is 2.40. The van der Waals surface area contributed by atoms with Gasteiger partial charge in [-0.3, -0.25) is 24.6 Å². The van der Waals surface area contributed by atoms with Gasteiger partial charge in [-0.2, -0.15) is 0 Å². The molecule has 138 valence electrons. The third kappa shape index (κ3) is 2.82. The molecule has 26 heavy (non-hydrogen) atoms. The minimum atomic E-state index is -0.545. The highest BCUT2D eigenvalue weighted by molar-refractivity contribution is 6.05. The molecule has 0 unspecified atom stereocenters. The summed E-state index contributed by atoms with van der Waals surface area (Å²) in [4.78, 5) is 40.3. The number of rotatable bonds is 2. The number of hydrogen-bond acceptors (Lipinski definition) is 4. The molecule has 2 saturated heterocycles. The van der Waals surface area contributed by atoms with Crippen molar-refractivity contribution >= 4 is 17.7 Å². The van der Waals surface area contributed by atoms with Crippen molar-refractivity contribution in [2.24, 2.45) is 0 Å². The van der Waals surface area contributed by atoms with Crippen LogP contribution in [-0.2, 0) is 16.1 Å². The van der Waals surface area contributed by atoms with Crippen molar-refractivity contribution in [3.05, 3.63) is 34.9 Å². The Hall–Kier alpha value is -2.21. The Balaban J connectivity index is 1.49. The summed E-state index contributed by atoms with van der Waals surface area (Å²) in [6.45, 7) is 9.19. The van der Waals surface area contributed by atoms with Gasteiger partial charge in [0, 0.05) is 43.1 Å². The number of carbonyl (C=O) groups is 3. The molecule has 3 aliphatic heterocycles. The van der Waals surface area contributed by atoms with Gasteiger partial charge in [0.2, 0.25) is 11.8 Å². The number of likely N-dealkylation sites (tertiary alicyclic amines) is 1. The Morgan fingerprint density at radius 2 is 1.85 bits per heavy atom. The smallest absolute Gasteiger partial charge is 0.255 e. The monoisotopic (exact) mass is 355 g/mol. The molecule has 1 aromatic carbocycles. The molecule has 1 aromatic rings. The van der Waals surface area contributed by atoms with Crippen LogP contribution in [0.25, 0.3) is 0 Å². The number of carbonyl (C=O) groups excluding carboxylic acids is 3. The van der Waals surface area contributed by atoms with Crippen molar-refractivity contribution in [3.8, 4) is 0 Å². The lowest BCUT2D eigenvalue weighted by atomic mass is 9.86. The second-order valence-corrected chi connectivity index (χ2v) is 8.59. The van der Waals surface area contributed by atoms with E-state index in [2.05, 4.69) is 43.1 Å². The van der Waals surface area contributed by atoms with Crippen LogP contribution < -0.4 is 5.32 Å². The summed E-state index contributed by atoms with van der Waals surface area (Å²) in [5.41, 5.74) is 3.13. The molecule has 3 amide bonds. The average Bonchev–Trinajstić information content (AvgIpc) is 2.81. The molecule has 1 N–H and O–H groups in total. The maximum Gasteiger partial charge on any atom is 0.255 e. The van der Waals surface area contributed by atoms with Gasteiger partial charge in [-0.05, 0) is 44.4 Å². The van der Waals surface area contributed by atoms with Gasteiger partial charge in [-0.25, -0.2) is 0 Å². The SMILES string of the molecule is CC(C)(C)N1CC(c2ccc3c(c2)CN([C@@H]2CCC(=O)NC2=O)C3=O)C1. The average molecular weight is 355 g/mol. The van der Waals surface area contributed by atoms with E-state index < -0.39 is 6.04 Å². The summed E-state index contributed by atoms with van der Waals surface area (Å²) >= 11 is 0. The third-order valence-electron chi connectivity index (χ3n) is 5.85. The Morgan fingerprint density at radius 1 is 1.12 bits per heavy atom. The summed E-state index contributed by atoms with van der Waals surface area (Å²) < 4.78 is 0. The van der Waals surface area contributed by atoms with Crippen molar-refractivity contribution in [1.29, 1.82) is 0 Å². The van der Waals surface area contributed by atoms with Crippen molar-refractivity contribution in [2.45, 2.75) is 57.7 Å². The summed E-state index contributed by atoms with van der Waals surface area (Å²) in [7, 11) is 0. The molecule has 0 radical (unpaired) electrons. The van der Waals surface area contributed by atoms with Crippen LogP contribution in [0.15, 0.2) is 18.2 Å². The molecule has 6 heteroatoms. The fourth-order valence-corrected chi connectivity index (χ4v) is 4.09. The van der Waals surface area contributed by atoms with E-state index in [1.165, 1.54) is 5.56 Å². The largest absolute Gasteiger partial charge is 0.322 e. The summed E-state index contributed by atoms with van der Waals surface area (Å²) in [6, 6.07) is 5.54. The first-order valence-electron chi connectivity index (χ1n) is 9.26. The standard InChI is InChI=1S/C20H25N3O3/c1-20(2,3)22-9-14(10-22)12-4-5-15-13(8-12)11-23(19(15)26)16-6-7-17(24)21-18(16)25/h4-5,8,14,16H,6-7,9-11H2,1-3H3,(H,21,24,25)/t16-/m1/s1. The van der Waals surface area contributed by atoms with E-state index in [1.807, 2.05) is 6.07 Å². The van der Waals surface area contributed by atoms with Crippen LogP contribution in [0.5, 0.6) is 0 Å². The second-order valence-electron chi connectivity index (χ2n) is 8.59. The molecular formula is C20H25N3O3. The predicted molar refractivity (Wildman–Crippen MR) is 96.6 cm³/mol. The quantitative estimate of drug-likeness (QED) is 0.819. The predicted octanol–water partition coefficient (Wildman–Crippen LogP) is 1.65. The zero-order chi connectivity index (χ0) is 18.6. The fraction of sp³-hybridized carbons (Fsp3) is 0.550. The molecule has 2 fully saturated rings. The third-order valence-corrected chi connectivity index (χ3v) is 5.85. The maximum absolute atomic E-state index is 12.7. The normalized spacial score (nSPS) is 24.5. The highest BCUT2D eigenvalue weighted by Crippen LogP contribution is 2.35. The molecule has 0 saturated carbocycles. The van der Waals surface area contributed by atoms with Gasteiger partial charge in [0.25, 0.3) is 5.91 Å². The zero-order valence-electron chi connectivity index (χ0n) is 15.5. The van der Waals surface area contributed by atoms with E-state index in [9.17, 15) is 14.4 Å². The molecule has 0 bridgehead atoms. The zero-order valence-corrected chi connectivity index (χ0v) is 15.5. The number of piperidine rings is 1. The van der Waals surface area contributed by atoms with Crippen molar-refractivity contribution < 1.29 is 14.4 Å². The van der Waals surface area contributed by atoms with Crippen LogP contribution in [0.4, 0.5) is 0 Å². The molecule has 0 aromatic heterocycles. The summed E-state index contributed by atoms with van der Waals surface area (Å²) in [6.07, 6.45) is 0.687. The maximum atomic E-state index is 12.7. The van der Waals surface area contributed by atoms with Crippen LogP contribution in [0.2, 0.25) is 0 Å². The minimum absolute atomic E-state index is 0.106. The van der Waals surface area contributed by atoms with Gasteiger partial charge >= 0.3 is 0 Å². The summed E-state index contributed by atoms with van der Waals surface area (Å²) in [5, 5.41) is 2.34. The highest BCUT2D eigenvalue weighted by atomic mass is 16.2. The van der Waals surface area contributed by atoms with E-state index in [0.717, 1.165) is 18.7 Å².